The number of nitrogens with zero attached hydrogens (tertiary/aromatic N) is 1. The third-order valence-corrected chi connectivity index (χ3v) is 3.73. The Balaban J connectivity index is 2.28. The Morgan fingerprint density at radius 2 is 2.07 bits per heavy atom. The van der Waals surface area contributed by atoms with Gasteiger partial charge in [-0.3, -0.25) is 0 Å². The van der Waals surface area contributed by atoms with Gasteiger partial charge in [-0.1, -0.05) is 12.1 Å². The van der Waals surface area contributed by atoms with Gasteiger partial charge in [0.15, 0.2) is 0 Å². The van der Waals surface area contributed by atoms with Crippen molar-refractivity contribution in [1.82, 2.24) is 4.98 Å². The molecule has 1 heterocycles. The molecule has 0 spiro atoms. The summed E-state index contributed by atoms with van der Waals surface area (Å²) in [4.78, 5) is 5.56. The first-order valence-corrected chi connectivity index (χ1v) is 6.63. The molecule has 2 nitrogen and oxygen atoms in total. The summed E-state index contributed by atoms with van der Waals surface area (Å²) < 4.78 is 0. The highest BCUT2D eigenvalue weighted by Crippen LogP contribution is 2.25. The Kier molecular flexibility index (Phi) is 3.41. The van der Waals surface area contributed by atoms with E-state index in [-0.39, 0.29) is 6.61 Å². The van der Waals surface area contributed by atoms with Gasteiger partial charge in [0.25, 0.3) is 0 Å². The highest BCUT2D eigenvalue weighted by atomic mass is 32.2. The van der Waals surface area contributed by atoms with Crippen LogP contribution >= 0.6 is 23.1 Å². The molecule has 1 N–H and O–H groups in total. The van der Waals surface area contributed by atoms with Crippen molar-refractivity contribution in [2.45, 2.75) is 11.5 Å². The van der Waals surface area contributed by atoms with E-state index in [0.29, 0.717) is 0 Å². The van der Waals surface area contributed by atoms with Crippen LogP contribution in [0, 0.1) is 0 Å². The number of thioether (sulfide) groups is 1. The van der Waals surface area contributed by atoms with Crippen LogP contribution < -0.4 is 0 Å². The highest BCUT2D eigenvalue weighted by Gasteiger charge is 2.03. The molecule has 2 aromatic rings. The zero-order chi connectivity index (χ0) is 10.7. The first-order chi connectivity index (χ1) is 7.33. The molecular formula is C11H11NOS2. The lowest BCUT2D eigenvalue weighted by Crippen LogP contribution is -1.82. The molecule has 1 aromatic heterocycles. The normalized spacial score (nSPS) is 10.5. The number of rotatable bonds is 3. The summed E-state index contributed by atoms with van der Waals surface area (Å²) in [6.07, 6.45) is 2.06. The molecule has 0 bridgehead atoms. The van der Waals surface area contributed by atoms with Crippen LogP contribution in [0.1, 0.15) is 5.69 Å². The Bertz CT molecular complexity index is 436. The molecular weight excluding hydrogens is 226 g/mol. The van der Waals surface area contributed by atoms with Crippen LogP contribution in [0.5, 0.6) is 0 Å². The van der Waals surface area contributed by atoms with Crippen molar-refractivity contribution in [1.29, 1.82) is 0 Å². The van der Waals surface area contributed by atoms with Gasteiger partial charge in [0, 0.05) is 15.8 Å². The Labute approximate surface area is 97.0 Å². The second-order valence-electron chi connectivity index (χ2n) is 3.03. The van der Waals surface area contributed by atoms with Gasteiger partial charge >= 0.3 is 0 Å². The predicted molar refractivity (Wildman–Crippen MR) is 65.3 cm³/mol. The summed E-state index contributed by atoms with van der Waals surface area (Å²) in [7, 11) is 0. The van der Waals surface area contributed by atoms with E-state index in [1.165, 1.54) is 4.90 Å². The average Bonchev–Trinajstić information content (AvgIpc) is 2.78. The zero-order valence-electron chi connectivity index (χ0n) is 8.30. The van der Waals surface area contributed by atoms with E-state index >= 15 is 0 Å². The highest BCUT2D eigenvalue weighted by molar-refractivity contribution is 7.98. The zero-order valence-corrected chi connectivity index (χ0v) is 9.94. The largest absolute Gasteiger partial charge is 0.390 e. The maximum atomic E-state index is 8.92. The lowest BCUT2D eigenvalue weighted by atomic mass is 10.2. The number of aromatic nitrogens is 1. The number of benzene rings is 1. The van der Waals surface area contributed by atoms with Crippen molar-refractivity contribution in [2.24, 2.45) is 0 Å². The van der Waals surface area contributed by atoms with Crippen LogP contribution in [-0.4, -0.2) is 16.3 Å². The summed E-state index contributed by atoms with van der Waals surface area (Å²) >= 11 is 3.29. The van der Waals surface area contributed by atoms with Crippen molar-refractivity contribution in [3.05, 3.63) is 35.3 Å². The summed E-state index contributed by atoms with van der Waals surface area (Å²) in [5, 5.41) is 11.8. The first-order valence-electron chi connectivity index (χ1n) is 4.53. The van der Waals surface area contributed by atoms with Gasteiger partial charge in [-0.15, -0.1) is 23.1 Å². The number of aliphatic hydroxyl groups excluding tert-OH is 1. The van der Waals surface area contributed by atoms with Crippen LogP contribution in [0.2, 0.25) is 0 Å². The fraction of sp³-hybridized carbons (Fsp3) is 0.182. The molecule has 0 saturated heterocycles. The van der Waals surface area contributed by atoms with Gasteiger partial charge in [-0.25, -0.2) is 4.98 Å². The van der Waals surface area contributed by atoms with Crippen molar-refractivity contribution >= 4 is 23.1 Å². The Morgan fingerprint density at radius 3 is 2.60 bits per heavy atom. The van der Waals surface area contributed by atoms with E-state index in [1.54, 1.807) is 23.1 Å². The molecule has 2 rings (SSSR count). The first kappa shape index (κ1) is 10.7. The van der Waals surface area contributed by atoms with E-state index in [1.807, 2.05) is 5.38 Å². The van der Waals surface area contributed by atoms with E-state index in [2.05, 4.69) is 35.5 Å². The van der Waals surface area contributed by atoms with Crippen LogP contribution in [0.25, 0.3) is 10.6 Å². The predicted octanol–water partition coefficient (Wildman–Crippen LogP) is 3.02. The molecule has 1 aromatic carbocycles. The summed E-state index contributed by atoms with van der Waals surface area (Å²) in [5.74, 6) is 0. The SMILES string of the molecule is CSc1ccc(-c2nc(CO)cs2)cc1. The van der Waals surface area contributed by atoms with Crippen LogP contribution in [0.4, 0.5) is 0 Å². The van der Waals surface area contributed by atoms with Gasteiger partial charge in [-0.2, -0.15) is 0 Å². The van der Waals surface area contributed by atoms with Crippen molar-refractivity contribution in [3.8, 4) is 10.6 Å². The van der Waals surface area contributed by atoms with E-state index < -0.39 is 0 Å². The second-order valence-corrected chi connectivity index (χ2v) is 4.77. The molecule has 0 radical (unpaired) electrons. The van der Waals surface area contributed by atoms with Gasteiger partial charge in [0.1, 0.15) is 5.01 Å². The lowest BCUT2D eigenvalue weighted by Gasteiger charge is -1.98. The molecule has 4 heteroatoms. The third kappa shape index (κ3) is 2.40. The Hall–Kier alpha value is -0.840. The number of thiazole rings is 1. The molecule has 0 saturated carbocycles. The number of hydrogen-bond donors (Lipinski definition) is 1. The fourth-order valence-electron chi connectivity index (χ4n) is 1.25. The van der Waals surface area contributed by atoms with Crippen LogP contribution in [0.15, 0.2) is 34.5 Å². The fourth-order valence-corrected chi connectivity index (χ4v) is 2.47. The molecule has 0 aliphatic carbocycles. The maximum absolute atomic E-state index is 8.92. The maximum Gasteiger partial charge on any atom is 0.123 e. The summed E-state index contributed by atoms with van der Waals surface area (Å²) in [6.45, 7) is 0.0133. The van der Waals surface area contributed by atoms with Gasteiger partial charge in [0.2, 0.25) is 0 Å². The molecule has 0 atom stereocenters. The second kappa shape index (κ2) is 4.79. The third-order valence-electron chi connectivity index (χ3n) is 2.05. The van der Waals surface area contributed by atoms with E-state index in [0.717, 1.165) is 16.3 Å². The molecule has 0 amide bonds. The van der Waals surface area contributed by atoms with E-state index in [9.17, 15) is 0 Å². The minimum absolute atomic E-state index is 0.0133. The molecule has 0 aliphatic heterocycles. The molecule has 0 fully saturated rings. The molecule has 78 valence electrons. The lowest BCUT2D eigenvalue weighted by molar-refractivity contribution is 0.278. The van der Waals surface area contributed by atoms with E-state index in [4.69, 9.17) is 5.11 Å². The number of aliphatic hydroxyl groups is 1. The standard InChI is InChI=1S/C11H11NOS2/c1-14-10-4-2-8(3-5-10)11-12-9(6-13)7-15-11/h2-5,7,13H,6H2,1H3. The number of hydrogen-bond acceptors (Lipinski definition) is 4. The van der Waals surface area contributed by atoms with Crippen molar-refractivity contribution in [2.75, 3.05) is 6.26 Å². The van der Waals surface area contributed by atoms with Crippen LogP contribution in [-0.2, 0) is 6.61 Å². The minimum Gasteiger partial charge on any atom is -0.390 e. The average molecular weight is 237 g/mol. The Morgan fingerprint density at radius 1 is 1.33 bits per heavy atom. The van der Waals surface area contributed by atoms with Gasteiger partial charge < -0.3 is 5.11 Å². The molecule has 0 unspecified atom stereocenters. The van der Waals surface area contributed by atoms with Crippen molar-refractivity contribution in [3.63, 3.8) is 0 Å². The van der Waals surface area contributed by atoms with Crippen LogP contribution in [0.3, 0.4) is 0 Å². The van der Waals surface area contributed by atoms with Crippen molar-refractivity contribution < 1.29 is 5.11 Å². The minimum atomic E-state index is 0.0133. The van der Waals surface area contributed by atoms with Gasteiger partial charge in [-0.05, 0) is 18.4 Å². The summed E-state index contributed by atoms with van der Waals surface area (Å²) in [6, 6.07) is 8.29. The van der Waals surface area contributed by atoms with Gasteiger partial charge in [0.05, 0.1) is 12.3 Å². The molecule has 0 aliphatic rings. The molecule has 15 heavy (non-hydrogen) atoms. The summed E-state index contributed by atoms with van der Waals surface area (Å²) in [5.41, 5.74) is 1.85. The quantitative estimate of drug-likeness (QED) is 0.833. The topological polar surface area (TPSA) is 33.1 Å². The monoisotopic (exact) mass is 237 g/mol. The smallest absolute Gasteiger partial charge is 0.123 e.